The van der Waals surface area contributed by atoms with Crippen molar-refractivity contribution in [3.63, 3.8) is 0 Å². The Morgan fingerprint density at radius 2 is 2.47 bits per heavy atom. The third kappa shape index (κ3) is 3.02. The molecule has 0 aromatic carbocycles. The zero-order chi connectivity index (χ0) is 12.5. The molecule has 1 fully saturated rings. The van der Waals surface area contributed by atoms with Crippen LogP contribution in [0.2, 0.25) is 0 Å². The van der Waals surface area contributed by atoms with Crippen molar-refractivity contribution >= 4 is 17.2 Å². The topological polar surface area (TPSA) is 60.5 Å². The Kier molecular flexibility index (Phi) is 3.46. The van der Waals surface area contributed by atoms with Crippen molar-refractivity contribution in [2.45, 2.75) is 32.7 Å². The Balaban J connectivity index is 1.84. The van der Waals surface area contributed by atoms with Crippen LogP contribution in [-0.2, 0) is 9.47 Å². The standard InChI is InChI=1S/C11H16N2O3S/c1-7-9(17-6-13-7)10(14)12-4-8-5-15-11(2,3)16-8/h6,8H,4-5H2,1-3H3,(H,12,14). The fraction of sp³-hybridized carbons (Fsp3) is 0.636. The Morgan fingerprint density at radius 1 is 1.71 bits per heavy atom. The molecule has 1 aromatic rings. The number of nitrogens with one attached hydrogen (secondary N) is 1. The van der Waals surface area contributed by atoms with Crippen LogP contribution >= 0.6 is 11.3 Å². The van der Waals surface area contributed by atoms with Gasteiger partial charge in [-0.3, -0.25) is 4.79 Å². The van der Waals surface area contributed by atoms with Crippen LogP contribution in [0.1, 0.15) is 29.2 Å². The number of nitrogens with zero attached hydrogens (tertiary/aromatic N) is 1. The number of hydrogen-bond donors (Lipinski definition) is 1. The van der Waals surface area contributed by atoms with Gasteiger partial charge in [-0.1, -0.05) is 0 Å². The molecule has 0 radical (unpaired) electrons. The third-order valence-corrected chi connectivity index (χ3v) is 3.44. The van der Waals surface area contributed by atoms with Crippen LogP contribution in [0.15, 0.2) is 5.51 Å². The summed E-state index contributed by atoms with van der Waals surface area (Å²) < 4.78 is 11.0. The molecule has 1 unspecified atom stereocenters. The van der Waals surface area contributed by atoms with E-state index in [-0.39, 0.29) is 12.0 Å². The largest absolute Gasteiger partial charge is 0.349 e. The normalized spacial score (nSPS) is 22.6. The Morgan fingerprint density at radius 3 is 3.00 bits per heavy atom. The lowest BCUT2D eigenvalue weighted by molar-refractivity contribution is -0.137. The number of hydrogen-bond acceptors (Lipinski definition) is 5. The van der Waals surface area contributed by atoms with E-state index >= 15 is 0 Å². The molecule has 0 bridgehead atoms. The second-order valence-electron chi connectivity index (χ2n) is 4.43. The molecule has 1 aliphatic rings. The molecule has 5 nitrogen and oxygen atoms in total. The van der Waals surface area contributed by atoms with Crippen LogP contribution in [0.3, 0.4) is 0 Å². The highest BCUT2D eigenvalue weighted by Crippen LogP contribution is 2.21. The lowest BCUT2D eigenvalue weighted by Crippen LogP contribution is -2.34. The lowest BCUT2D eigenvalue weighted by atomic mass is 10.3. The predicted octanol–water partition coefficient (Wildman–Crippen LogP) is 1.33. The molecule has 1 atom stereocenters. The van der Waals surface area contributed by atoms with E-state index in [4.69, 9.17) is 9.47 Å². The Labute approximate surface area is 104 Å². The molecule has 2 rings (SSSR count). The molecule has 1 amide bonds. The maximum Gasteiger partial charge on any atom is 0.263 e. The van der Waals surface area contributed by atoms with Crippen LogP contribution in [0.5, 0.6) is 0 Å². The molecule has 0 spiro atoms. The van der Waals surface area contributed by atoms with E-state index in [1.165, 1.54) is 11.3 Å². The van der Waals surface area contributed by atoms with Gasteiger partial charge in [0.05, 0.1) is 17.8 Å². The highest BCUT2D eigenvalue weighted by molar-refractivity contribution is 7.11. The molecular weight excluding hydrogens is 240 g/mol. The first-order chi connectivity index (χ1) is 7.98. The van der Waals surface area contributed by atoms with Gasteiger partial charge in [-0.15, -0.1) is 11.3 Å². The van der Waals surface area contributed by atoms with Crippen molar-refractivity contribution in [1.82, 2.24) is 10.3 Å². The minimum Gasteiger partial charge on any atom is -0.349 e. The Bertz CT molecular complexity index is 417. The van der Waals surface area contributed by atoms with Crippen LogP contribution in [0, 0.1) is 6.92 Å². The molecule has 0 aliphatic carbocycles. The van der Waals surface area contributed by atoms with Gasteiger partial charge in [0.25, 0.3) is 5.91 Å². The number of aryl methyl sites for hydroxylation is 1. The second kappa shape index (κ2) is 4.72. The summed E-state index contributed by atoms with van der Waals surface area (Å²) in [6.45, 7) is 6.52. The Hall–Kier alpha value is -0.980. The number of rotatable bonds is 3. The van der Waals surface area contributed by atoms with E-state index in [0.29, 0.717) is 18.0 Å². The summed E-state index contributed by atoms with van der Waals surface area (Å²) >= 11 is 1.34. The molecule has 1 aliphatic heterocycles. The first-order valence-corrected chi connectivity index (χ1v) is 6.36. The van der Waals surface area contributed by atoms with Crippen molar-refractivity contribution in [2.75, 3.05) is 13.2 Å². The fourth-order valence-electron chi connectivity index (χ4n) is 1.67. The van der Waals surface area contributed by atoms with Crippen LogP contribution in [0.25, 0.3) is 0 Å². The van der Waals surface area contributed by atoms with E-state index < -0.39 is 5.79 Å². The summed E-state index contributed by atoms with van der Waals surface area (Å²) in [5.74, 6) is -0.645. The van der Waals surface area contributed by atoms with Crippen molar-refractivity contribution in [2.24, 2.45) is 0 Å². The molecule has 1 N–H and O–H groups in total. The van der Waals surface area contributed by atoms with E-state index in [2.05, 4.69) is 10.3 Å². The first-order valence-electron chi connectivity index (χ1n) is 5.48. The SMILES string of the molecule is Cc1ncsc1C(=O)NCC1COC(C)(C)O1. The van der Waals surface area contributed by atoms with Crippen molar-refractivity contribution in [1.29, 1.82) is 0 Å². The van der Waals surface area contributed by atoms with Gasteiger partial charge in [0.1, 0.15) is 11.0 Å². The van der Waals surface area contributed by atoms with Crippen LogP contribution < -0.4 is 5.32 Å². The van der Waals surface area contributed by atoms with Crippen molar-refractivity contribution in [3.8, 4) is 0 Å². The average molecular weight is 256 g/mol. The number of aromatic nitrogens is 1. The van der Waals surface area contributed by atoms with E-state index in [1.807, 2.05) is 20.8 Å². The molecule has 1 saturated heterocycles. The molecule has 1 aromatic heterocycles. The van der Waals surface area contributed by atoms with Gasteiger partial charge in [0.2, 0.25) is 0 Å². The molecule has 6 heteroatoms. The second-order valence-corrected chi connectivity index (χ2v) is 5.28. The van der Waals surface area contributed by atoms with Gasteiger partial charge in [-0.2, -0.15) is 0 Å². The summed E-state index contributed by atoms with van der Waals surface area (Å²) in [7, 11) is 0. The minimum atomic E-state index is -0.546. The zero-order valence-electron chi connectivity index (χ0n) is 10.1. The van der Waals surface area contributed by atoms with Gasteiger partial charge in [-0.05, 0) is 20.8 Å². The zero-order valence-corrected chi connectivity index (χ0v) is 11.0. The first kappa shape index (κ1) is 12.5. The monoisotopic (exact) mass is 256 g/mol. The summed E-state index contributed by atoms with van der Waals surface area (Å²) in [5, 5.41) is 2.83. The van der Waals surface area contributed by atoms with E-state index in [1.54, 1.807) is 5.51 Å². The third-order valence-electron chi connectivity index (χ3n) is 2.51. The number of amides is 1. The predicted molar refractivity (Wildman–Crippen MR) is 64.1 cm³/mol. The highest BCUT2D eigenvalue weighted by atomic mass is 32.1. The molecule has 17 heavy (non-hydrogen) atoms. The maximum atomic E-state index is 11.8. The molecule has 94 valence electrons. The summed E-state index contributed by atoms with van der Waals surface area (Å²) in [6, 6.07) is 0. The van der Waals surface area contributed by atoms with Crippen LogP contribution in [0.4, 0.5) is 0 Å². The molecule has 2 heterocycles. The quantitative estimate of drug-likeness (QED) is 0.886. The van der Waals surface area contributed by atoms with Crippen molar-refractivity contribution in [3.05, 3.63) is 16.1 Å². The lowest BCUT2D eigenvalue weighted by Gasteiger charge is -2.17. The van der Waals surface area contributed by atoms with E-state index in [9.17, 15) is 4.79 Å². The molecular formula is C11H16N2O3S. The number of carbonyl (C=O) groups is 1. The highest BCUT2D eigenvalue weighted by Gasteiger charge is 2.32. The summed E-state index contributed by atoms with van der Waals surface area (Å²) in [6.07, 6.45) is -0.0813. The van der Waals surface area contributed by atoms with Crippen LogP contribution in [-0.4, -0.2) is 35.9 Å². The minimum absolute atomic E-state index is 0.0813. The number of thiazole rings is 1. The fourth-order valence-corrected chi connectivity index (χ4v) is 2.39. The van der Waals surface area contributed by atoms with Gasteiger partial charge in [-0.25, -0.2) is 4.98 Å². The van der Waals surface area contributed by atoms with Gasteiger partial charge < -0.3 is 14.8 Å². The van der Waals surface area contributed by atoms with E-state index in [0.717, 1.165) is 5.69 Å². The van der Waals surface area contributed by atoms with Gasteiger partial charge in [0.15, 0.2) is 5.79 Å². The number of ether oxygens (including phenoxy) is 2. The molecule has 0 saturated carbocycles. The average Bonchev–Trinajstić information content (AvgIpc) is 2.81. The van der Waals surface area contributed by atoms with Crippen molar-refractivity contribution < 1.29 is 14.3 Å². The smallest absolute Gasteiger partial charge is 0.263 e. The van der Waals surface area contributed by atoms with Gasteiger partial charge >= 0.3 is 0 Å². The summed E-state index contributed by atoms with van der Waals surface area (Å²) in [4.78, 5) is 16.5. The maximum absolute atomic E-state index is 11.8. The van der Waals surface area contributed by atoms with Gasteiger partial charge in [0, 0.05) is 6.54 Å². The summed E-state index contributed by atoms with van der Waals surface area (Å²) in [5.41, 5.74) is 2.43. The number of carbonyl (C=O) groups excluding carboxylic acids is 1.